The van der Waals surface area contributed by atoms with Crippen molar-refractivity contribution in [2.45, 2.75) is 37.5 Å². The first kappa shape index (κ1) is 29.6. The molecule has 0 atom stereocenters. The Balaban J connectivity index is 1.51. The first-order chi connectivity index (χ1) is 19.3. The number of nitrogens with one attached hydrogen (secondary N) is 3. The smallest absolute Gasteiger partial charge is 0.262 e. The van der Waals surface area contributed by atoms with Crippen LogP contribution in [0.2, 0.25) is 0 Å². The molecule has 4 aromatic carbocycles. The summed E-state index contributed by atoms with van der Waals surface area (Å²) in [7, 11) is -6.46. The van der Waals surface area contributed by atoms with Gasteiger partial charge in [0.2, 0.25) is 0 Å². The second-order valence-corrected chi connectivity index (χ2v) is 13.0. The van der Waals surface area contributed by atoms with E-state index in [1.165, 1.54) is 43.5 Å². The second kappa shape index (κ2) is 11.6. The number of sulfonamides is 2. The van der Waals surface area contributed by atoms with Crippen molar-refractivity contribution in [2.75, 3.05) is 21.9 Å². The summed E-state index contributed by atoms with van der Waals surface area (Å²) in [6, 6.07) is 20.6. The molecule has 0 saturated carbocycles. The summed E-state index contributed by atoms with van der Waals surface area (Å²) in [6.45, 7) is 7.22. The van der Waals surface area contributed by atoms with Gasteiger partial charge in [0, 0.05) is 11.3 Å². The Morgan fingerprint density at radius 1 is 0.659 bits per heavy atom. The standard InChI is InChI=1S/C30H31N3O6S2/c1-19-6-14-26(22(4)16-19)32-41(37,38)29-18-23(9-8-21(29)3)30(34)31-24-10-12-25(13-11-24)40(35,36)33-27-17-20(2)7-15-28(27)39-5/h6-18,32-33H,1-5H3,(H,31,34). The molecule has 0 aromatic heterocycles. The van der Waals surface area contributed by atoms with Crippen LogP contribution < -0.4 is 19.5 Å². The molecular weight excluding hydrogens is 562 g/mol. The summed E-state index contributed by atoms with van der Waals surface area (Å²) < 4.78 is 62.7. The Hall–Kier alpha value is -4.35. The van der Waals surface area contributed by atoms with Crippen molar-refractivity contribution < 1.29 is 26.4 Å². The number of benzene rings is 4. The highest BCUT2D eigenvalue weighted by molar-refractivity contribution is 7.93. The van der Waals surface area contributed by atoms with Gasteiger partial charge in [0.25, 0.3) is 26.0 Å². The van der Waals surface area contributed by atoms with Crippen molar-refractivity contribution in [3.05, 3.63) is 107 Å². The van der Waals surface area contributed by atoms with Crippen LogP contribution in [0.1, 0.15) is 32.6 Å². The van der Waals surface area contributed by atoms with Gasteiger partial charge in [-0.05, 0) is 99.0 Å². The highest BCUT2D eigenvalue weighted by Gasteiger charge is 2.21. The zero-order valence-electron chi connectivity index (χ0n) is 23.3. The molecule has 3 N–H and O–H groups in total. The number of rotatable bonds is 9. The number of carbonyl (C=O) groups is 1. The van der Waals surface area contributed by atoms with E-state index in [2.05, 4.69) is 14.8 Å². The van der Waals surface area contributed by atoms with Gasteiger partial charge in [0.1, 0.15) is 5.75 Å². The predicted molar refractivity (Wildman–Crippen MR) is 161 cm³/mol. The number of methoxy groups -OCH3 is 1. The fourth-order valence-electron chi connectivity index (χ4n) is 4.18. The molecule has 214 valence electrons. The Morgan fingerprint density at radius 3 is 1.95 bits per heavy atom. The quantitative estimate of drug-likeness (QED) is 0.225. The molecule has 0 spiro atoms. The highest BCUT2D eigenvalue weighted by Crippen LogP contribution is 2.28. The monoisotopic (exact) mass is 593 g/mol. The molecule has 0 radical (unpaired) electrons. The molecule has 0 aliphatic carbocycles. The lowest BCUT2D eigenvalue weighted by Gasteiger charge is -2.14. The molecule has 9 nitrogen and oxygen atoms in total. The molecule has 41 heavy (non-hydrogen) atoms. The van der Waals surface area contributed by atoms with E-state index in [-0.39, 0.29) is 15.4 Å². The summed E-state index contributed by atoms with van der Waals surface area (Å²) in [5.74, 6) is -0.169. The predicted octanol–water partition coefficient (Wildman–Crippen LogP) is 5.78. The molecule has 0 unspecified atom stereocenters. The number of anilines is 3. The minimum absolute atomic E-state index is 0.0137. The molecule has 4 aromatic rings. The number of ether oxygens (including phenoxy) is 1. The van der Waals surface area contributed by atoms with Crippen molar-refractivity contribution in [3.8, 4) is 5.75 Å². The van der Waals surface area contributed by atoms with Gasteiger partial charge in [-0.1, -0.05) is 29.8 Å². The van der Waals surface area contributed by atoms with Crippen LogP contribution in [0.5, 0.6) is 5.75 Å². The van der Waals surface area contributed by atoms with Crippen LogP contribution in [0, 0.1) is 27.7 Å². The molecule has 4 rings (SSSR count). The molecular formula is C30H31N3O6S2. The SMILES string of the molecule is COc1ccc(C)cc1NS(=O)(=O)c1ccc(NC(=O)c2ccc(C)c(S(=O)(=O)Nc3ccc(C)cc3C)c2)cc1. The fraction of sp³-hybridized carbons (Fsp3) is 0.167. The Morgan fingerprint density at radius 2 is 1.29 bits per heavy atom. The molecule has 0 aliphatic rings. The summed E-state index contributed by atoms with van der Waals surface area (Å²) in [4.78, 5) is 13.0. The van der Waals surface area contributed by atoms with Gasteiger partial charge in [0.15, 0.2) is 0 Å². The minimum Gasteiger partial charge on any atom is -0.495 e. The van der Waals surface area contributed by atoms with Crippen molar-refractivity contribution in [3.63, 3.8) is 0 Å². The van der Waals surface area contributed by atoms with Crippen LogP contribution in [-0.4, -0.2) is 29.9 Å². The Kier molecular flexibility index (Phi) is 8.41. The van der Waals surface area contributed by atoms with Crippen LogP contribution in [0.3, 0.4) is 0 Å². The maximum Gasteiger partial charge on any atom is 0.262 e. The van der Waals surface area contributed by atoms with Crippen molar-refractivity contribution in [2.24, 2.45) is 0 Å². The zero-order valence-corrected chi connectivity index (χ0v) is 24.9. The first-order valence-electron chi connectivity index (χ1n) is 12.6. The molecule has 1 amide bonds. The van der Waals surface area contributed by atoms with Gasteiger partial charge in [-0.15, -0.1) is 0 Å². The van der Waals surface area contributed by atoms with Crippen LogP contribution in [0.4, 0.5) is 17.1 Å². The van der Waals surface area contributed by atoms with E-state index in [0.29, 0.717) is 28.4 Å². The molecule has 0 bridgehead atoms. The lowest BCUT2D eigenvalue weighted by molar-refractivity contribution is 0.102. The van der Waals surface area contributed by atoms with Crippen LogP contribution in [-0.2, 0) is 20.0 Å². The number of aryl methyl sites for hydroxylation is 4. The first-order valence-corrected chi connectivity index (χ1v) is 15.6. The number of hydrogen-bond acceptors (Lipinski definition) is 6. The topological polar surface area (TPSA) is 131 Å². The molecule has 0 saturated heterocycles. The maximum atomic E-state index is 13.2. The lowest BCUT2D eigenvalue weighted by atomic mass is 10.1. The van der Waals surface area contributed by atoms with E-state index in [9.17, 15) is 21.6 Å². The fourth-order valence-corrected chi connectivity index (χ4v) is 6.65. The largest absolute Gasteiger partial charge is 0.495 e. The van der Waals surface area contributed by atoms with Gasteiger partial charge in [-0.25, -0.2) is 16.8 Å². The van der Waals surface area contributed by atoms with E-state index in [1.54, 1.807) is 31.2 Å². The Bertz CT molecular complexity index is 1830. The number of carbonyl (C=O) groups excluding carboxylic acids is 1. The average Bonchev–Trinajstić information content (AvgIpc) is 2.90. The van der Waals surface area contributed by atoms with Crippen molar-refractivity contribution in [1.29, 1.82) is 0 Å². The third kappa shape index (κ3) is 6.87. The van der Waals surface area contributed by atoms with Gasteiger partial charge in [-0.3, -0.25) is 14.2 Å². The third-order valence-corrected chi connectivity index (χ3v) is 9.28. The molecule has 0 heterocycles. The van der Waals surface area contributed by atoms with E-state index >= 15 is 0 Å². The molecule has 0 aliphatic heterocycles. The zero-order chi connectivity index (χ0) is 29.9. The van der Waals surface area contributed by atoms with E-state index in [4.69, 9.17) is 4.74 Å². The van der Waals surface area contributed by atoms with Gasteiger partial charge in [-0.2, -0.15) is 0 Å². The van der Waals surface area contributed by atoms with Gasteiger partial charge < -0.3 is 10.1 Å². The van der Waals surface area contributed by atoms with E-state index in [1.807, 2.05) is 39.0 Å². The number of hydrogen-bond donors (Lipinski definition) is 3. The summed E-state index contributed by atoms with van der Waals surface area (Å²) >= 11 is 0. The third-order valence-electron chi connectivity index (χ3n) is 6.39. The van der Waals surface area contributed by atoms with Crippen LogP contribution >= 0.6 is 0 Å². The normalized spacial score (nSPS) is 11.5. The molecule has 0 fully saturated rings. The summed E-state index contributed by atoms with van der Waals surface area (Å²) in [6.07, 6.45) is 0. The van der Waals surface area contributed by atoms with Gasteiger partial charge in [0.05, 0.1) is 28.3 Å². The Labute approximate surface area is 240 Å². The summed E-state index contributed by atoms with van der Waals surface area (Å²) in [5.41, 5.74) is 4.34. The van der Waals surface area contributed by atoms with Crippen LogP contribution in [0.15, 0.2) is 88.7 Å². The van der Waals surface area contributed by atoms with Gasteiger partial charge >= 0.3 is 0 Å². The molecule has 11 heteroatoms. The minimum atomic E-state index is -3.98. The average molecular weight is 594 g/mol. The van der Waals surface area contributed by atoms with Crippen LogP contribution in [0.25, 0.3) is 0 Å². The van der Waals surface area contributed by atoms with E-state index < -0.39 is 26.0 Å². The second-order valence-electron chi connectivity index (χ2n) is 9.69. The van der Waals surface area contributed by atoms with Crippen molar-refractivity contribution in [1.82, 2.24) is 0 Å². The maximum absolute atomic E-state index is 13.2. The lowest BCUT2D eigenvalue weighted by Crippen LogP contribution is -2.18. The summed E-state index contributed by atoms with van der Waals surface area (Å²) in [5, 5.41) is 2.69. The van der Waals surface area contributed by atoms with E-state index in [0.717, 1.165) is 16.7 Å². The van der Waals surface area contributed by atoms with Crippen molar-refractivity contribution >= 4 is 43.0 Å². The number of amides is 1. The highest BCUT2D eigenvalue weighted by atomic mass is 32.2.